The van der Waals surface area contributed by atoms with Crippen LogP contribution in [-0.2, 0) is 0 Å². The van der Waals surface area contributed by atoms with Gasteiger partial charge in [-0.15, -0.1) is 23.6 Å². The van der Waals surface area contributed by atoms with Crippen molar-refractivity contribution < 1.29 is 10.2 Å². The fourth-order valence-corrected chi connectivity index (χ4v) is 5.11. The van der Waals surface area contributed by atoms with E-state index in [4.69, 9.17) is 0 Å². The molecule has 0 heterocycles. The van der Waals surface area contributed by atoms with Crippen LogP contribution in [0.5, 0.6) is 0 Å². The Morgan fingerprint density at radius 2 is 2.12 bits per heavy atom. The molecule has 26 heavy (non-hydrogen) atoms. The van der Waals surface area contributed by atoms with Crippen molar-refractivity contribution in [1.82, 2.24) is 4.90 Å². The second-order valence-electron chi connectivity index (χ2n) is 8.15. The third kappa shape index (κ3) is 6.16. The van der Waals surface area contributed by atoms with Gasteiger partial charge in [0, 0.05) is 24.6 Å². The van der Waals surface area contributed by atoms with Crippen molar-refractivity contribution in [1.29, 1.82) is 0 Å². The third-order valence-corrected chi connectivity index (χ3v) is 6.65. The summed E-state index contributed by atoms with van der Waals surface area (Å²) in [6.45, 7) is 4.95. The van der Waals surface area contributed by atoms with Crippen LogP contribution in [0.25, 0.3) is 0 Å². The molecule has 0 amide bonds. The highest BCUT2D eigenvalue weighted by Crippen LogP contribution is 2.50. The van der Waals surface area contributed by atoms with Crippen LogP contribution >= 0.6 is 11.8 Å². The first-order valence-electron chi connectivity index (χ1n) is 9.80. The van der Waals surface area contributed by atoms with E-state index >= 15 is 0 Å². The first-order chi connectivity index (χ1) is 12.4. The molecule has 0 saturated heterocycles. The SMILES string of the molecule is CC#CC[C@@H](C)[C@H](O)C=C[C@@H]1[C@H]2CC(=CSCCN(C)C)C[C@H]2C[C@H]1O. The lowest BCUT2D eigenvalue weighted by molar-refractivity contribution is 0.137. The van der Waals surface area contributed by atoms with E-state index in [0.717, 1.165) is 31.6 Å². The van der Waals surface area contributed by atoms with E-state index in [9.17, 15) is 10.2 Å². The molecule has 146 valence electrons. The number of aliphatic hydroxyl groups excluding tert-OH is 2. The Hall–Kier alpha value is -0.730. The predicted molar refractivity (Wildman–Crippen MR) is 112 cm³/mol. The minimum absolute atomic E-state index is 0.125. The number of aliphatic hydroxyl groups is 2. The topological polar surface area (TPSA) is 43.7 Å². The molecule has 2 fully saturated rings. The van der Waals surface area contributed by atoms with Gasteiger partial charge in [-0.1, -0.05) is 24.6 Å². The minimum atomic E-state index is -0.486. The lowest BCUT2D eigenvalue weighted by Crippen LogP contribution is -2.19. The average Bonchev–Trinajstić information content (AvgIpc) is 3.10. The summed E-state index contributed by atoms with van der Waals surface area (Å²) in [5.74, 6) is 8.47. The van der Waals surface area contributed by atoms with Gasteiger partial charge in [0.05, 0.1) is 12.2 Å². The van der Waals surface area contributed by atoms with E-state index in [1.54, 1.807) is 5.57 Å². The van der Waals surface area contributed by atoms with E-state index in [2.05, 4.69) is 42.3 Å². The summed E-state index contributed by atoms with van der Waals surface area (Å²) in [5, 5.41) is 23.1. The van der Waals surface area contributed by atoms with Crippen LogP contribution in [0.3, 0.4) is 0 Å². The zero-order valence-corrected chi connectivity index (χ0v) is 17.5. The number of allylic oxidation sites excluding steroid dienone is 1. The molecule has 0 aliphatic heterocycles. The van der Waals surface area contributed by atoms with Crippen LogP contribution in [0.2, 0.25) is 0 Å². The van der Waals surface area contributed by atoms with Gasteiger partial charge in [0.15, 0.2) is 0 Å². The van der Waals surface area contributed by atoms with Gasteiger partial charge in [-0.05, 0) is 63.4 Å². The van der Waals surface area contributed by atoms with Crippen molar-refractivity contribution in [2.24, 2.45) is 23.7 Å². The van der Waals surface area contributed by atoms with Gasteiger partial charge in [-0.2, -0.15) is 0 Å². The standard InChI is InChI=1S/C22H35NO2S/c1-5-6-7-16(2)21(24)9-8-19-20-13-17(12-18(20)14-22(19)25)15-26-11-10-23(3)4/h8-9,15-16,18-22,24-25H,7,10-14H2,1-4H3/t16-,18+,19-,20+,21-,22-/m1/s1. The summed E-state index contributed by atoms with van der Waals surface area (Å²) in [5.41, 5.74) is 1.54. The van der Waals surface area contributed by atoms with Crippen LogP contribution in [0.1, 0.15) is 39.5 Å². The first-order valence-corrected chi connectivity index (χ1v) is 10.9. The van der Waals surface area contributed by atoms with Gasteiger partial charge >= 0.3 is 0 Å². The molecule has 2 N–H and O–H groups in total. The van der Waals surface area contributed by atoms with Gasteiger partial charge in [0.25, 0.3) is 0 Å². The highest BCUT2D eigenvalue weighted by molar-refractivity contribution is 8.02. The van der Waals surface area contributed by atoms with Crippen molar-refractivity contribution in [2.45, 2.75) is 51.7 Å². The van der Waals surface area contributed by atoms with Crippen molar-refractivity contribution >= 4 is 11.8 Å². The maximum Gasteiger partial charge on any atom is 0.0755 e. The van der Waals surface area contributed by atoms with E-state index < -0.39 is 6.10 Å². The molecule has 4 heteroatoms. The second-order valence-corrected chi connectivity index (χ2v) is 9.12. The number of hydrogen-bond donors (Lipinski definition) is 2. The molecular weight excluding hydrogens is 342 g/mol. The van der Waals surface area contributed by atoms with Gasteiger partial charge < -0.3 is 15.1 Å². The van der Waals surface area contributed by atoms with E-state index in [-0.39, 0.29) is 17.9 Å². The van der Waals surface area contributed by atoms with Gasteiger partial charge in [0.2, 0.25) is 0 Å². The van der Waals surface area contributed by atoms with Gasteiger partial charge in [-0.3, -0.25) is 0 Å². The second kappa shape index (κ2) is 10.6. The molecule has 2 saturated carbocycles. The maximum atomic E-state index is 10.5. The minimum Gasteiger partial charge on any atom is -0.392 e. The fourth-order valence-electron chi connectivity index (χ4n) is 4.10. The zero-order chi connectivity index (χ0) is 19.1. The monoisotopic (exact) mass is 377 g/mol. The summed E-state index contributed by atoms with van der Waals surface area (Å²) in [6.07, 6.45) is 7.06. The number of fused-ring (bicyclic) bond motifs is 1. The molecule has 2 rings (SSSR count). The van der Waals surface area contributed by atoms with Crippen molar-refractivity contribution in [3.63, 3.8) is 0 Å². The summed E-state index contributed by atoms with van der Waals surface area (Å²) >= 11 is 1.91. The largest absolute Gasteiger partial charge is 0.392 e. The molecule has 6 atom stereocenters. The van der Waals surface area contributed by atoms with E-state index in [0.29, 0.717) is 18.3 Å². The molecule has 0 bridgehead atoms. The van der Waals surface area contributed by atoms with Crippen LogP contribution in [-0.4, -0.2) is 53.7 Å². The maximum absolute atomic E-state index is 10.5. The van der Waals surface area contributed by atoms with Gasteiger partial charge in [0.1, 0.15) is 0 Å². The first kappa shape index (κ1) is 21.6. The molecule has 0 aromatic rings. The van der Waals surface area contributed by atoms with E-state index in [1.807, 2.05) is 31.7 Å². The Labute approximate surface area is 163 Å². The molecule has 3 nitrogen and oxygen atoms in total. The summed E-state index contributed by atoms with van der Waals surface area (Å²) in [4.78, 5) is 2.21. The van der Waals surface area contributed by atoms with Crippen LogP contribution in [0.15, 0.2) is 23.1 Å². The summed E-state index contributed by atoms with van der Waals surface area (Å²) in [6, 6.07) is 0. The molecule has 0 spiro atoms. The molecular formula is C22H35NO2S. The van der Waals surface area contributed by atoms with Crippen LogP contribution in [0, 0.1) is 35.5 Å². The van der Waals surface area contributed by atoms with Crippen LogP contribution < -0.4 is 0 Å². The lowest BCUT2D eigenvalue weighted by atomic mass is 9.89. The van der Waals surface area contributed by atoms with Crippen molar-refractivity contribution in [3.05, 3.63) is 23.1 Å². The zero-order valence-electron chi connectivity index (χ0n) is 16.7. The number of rotatable bonds is 8. The Morgan fingerprint density at radius 1 is 1.35 bits per heavy atom. The Kier molecular flexibility index (Phi) is 8.76. The quantitative estimate of drug-likeness (QED) is 0.386. The number of hydrogen-bond acceptors (Lipinski definition) is 4. The Morgan fingerprint density at radius 3 is 2.81 bits per heavy atom. The molecule has 0 radical (unpaired) electrons. The summed E-state index contributed by atoms with van der Waals surface area (Å²) in [7, 11) is 4.21. The van der Waals surface area contributed by atoms with E-state index in [1.165, 1.54) is 0 Å². The average molecular weight is 378 g/mol. The van der Waals surface area contributed by atoms with Crippen LogP contribution in [0.4, 0.5) is 0 Å². The van der Waals surface area contributed by atoms with Crippen molar-refractivity contribution in [3.8, 4) is 11.8 Å². The van der Waals surface area contributed by atoms with Gasteiger partial charge in [-0.25, -0.2) is 0 Å². The Balaban J connectivity index is 1.89. The lowest BCUT2D eigenvalue weighted by Gasteiger charge is -2.19. The number of thioether (sulfide) groups is 1. The Bertz CT molecular complexity index is 560. The molecule has 2 aliphatic rings. The van der Waals surface area contributed by atoms with Crippen molar-refractivity contribution in [2.75, 3.05) is 26.4 Å². The highest BCUT2D eigenvalue weighted by atomic mass is 32.2. The predicted octanol–water partition coefficient (Wildman–Crippen LogP) is 3.54. The fraction of sp³-hybridized carbons (Fsp3) is 0.727. The smallest absolute Gasteiger partial charge is 0.0755 e. The third-order valence-electron chi connectivity index (χ3n) is 5.73. The summed E-state index contributed by atoms with van der Waals surface area (Å²) < 4.78 is 0. The normalized spacial score (nSPS) is 32.0. The molecule has 0 aromatic heterocycles. The highest BCUT2D eigenvalue weighted by Gasteiger charge is 2.45. The number of nitrogens with zero attached hydrogens (tertiary/aromatic N) is 1. The molecule has 2 aliphatic carbocycles. The molecule has 0 aromatic carbocycles. The molecule has 0 unspecified atom stereocenters.